The highest BCUT2D eigenvalue weighted by Crippen LogP contribution is 2.26. The van der Waals surface area contributed by atoms with Crippen molar-refractivity contribution in [3.63, 3.8) is 0 Å². The number of thiazole rings is 1. The molecule has 2 rings (SSSR count). The third-order valence-electron chi connectivity index (χ3n) is 3.78. The maximum Gasteiger partial charge on any atom is 0.239 e. The van der Waals surface area contributed by atoms with Crippen LogP contribution in [0.15, 0.2) is 6.20 Å². The summed E-state index contributed by atoms with van der Waals surface area (Å²) in [5.74, 6) is 0.136. The molecule has 0 radical (unpaired) electrons. The van der Waals surface area contributed by atoms with Crippen molar-refractivity contribution in [3.05, 3.63) is 11.1 Å². The lowest BCUT2D eigenvalue weighted by molar-refractivity contribution is -0.133. The normalized spacial score (nSPS) is 16.8. The maximum absolute atomic E-state index is 12.0. The quantitative estimate of drug-likeness (QED) is 0.828. The molecule has 6 heteroatoms. The van der Waals surface area contributed by atoms with Gasteiger partial charge in [-0.2, -0.15) is 0 Å². The smallest absolute Gasteiger partial charge is 0.239 e. The standard InChI is InChI=1S/C14H24N4OS/c1-11(13(19)16(2)3)17(4)10-12-9-15-14(20-12)18-7-5-6-8-18/h9,11H,5-8,10H2,1-4H3/t11-/m1/s1. The minimum Gasteiger partial charge on any atom is -0.348 e. The van der Waals surface area contributed by atoms with E-state index in [9.17, 15) is 4.79 Å². The lowest BCUT2D eigenvalue weighted by Crippen LogP contribution is -2.42. The van der Waals surface area contributed by atoms with Crippen LogP contribution in [0, 0.1) is 0 Å². The number of amides is 1. The van der Waals surface area contributed by atoms with Crippen LogP contribution in [-0.4, -0.2) is 61.0 Å². The number of hydrogen-bond donors (Lipinski definition) is 0. The predicted octanol–water partition coefficient (Wildman–Crippen LogP) is 1.65. The first-order valence-corrected chi connectivity index (χ1v) is 7.91. The Balaban J connectivity index is 1.94. The van der Waals surface area contributed by atoms with Gasteiger partial charge in [0.1, 0.15) is 0 Å². The Bertz CT molecular complexity index is 454. The second-order valence-corrected chi connectivity index (χ2v) is 6.72. The molecule has 2 heterocycles. The van der Waals surface area contributed by atoms with Gasteiger partial charge in [0.15, 0.2) is 5.13 Å². The molecule has 1 amide bonds. The van der Waals surface area contributed by atoms with Crippen LogP contribution in [0.25, 0.3) is 0 Å². The average Bonchev–Trinajstić information content (AvgIpc) is 3.06. The summed E-state index contributed by atoms with van der Waals surface area (Å²) in [6.07, 6.45) is 4.48. The van der Waals surface area contributed by atoms with Gasteiger partial charge in [-0.05, 0) is 26.8 Å². The molecule has 112 valence electrons. The second-order valence-electron chi connectivity index (χ2n) is 5.63. The van der Waals surface area contributed by atoms with Crippen LogP contribution >= 0.6 is 11.3 Å². The van der Waals surface area contributed by atoms with Gasteiger partial charge in [0.05, 0.1) is 6.04 Å². The van der Waals surface area contributed by atoms with Crippen molar-refractivity contribution in [2.45, 2.75) is 32.4 Å². The van der Waals surface area contributed by atoms with E-state index in [1.54, 1.807) is 30.3 Å². The van der Waals surface area contributed by atoms with Crippen molar-refractivity contribution < 1.29 is 4.79 Å². The molecule has 0 unspecified atom stereocenters. The molecule has 0 aliphatic carbocycles. The summed E-state index contributed by atoms with van der Waals surface area (Å²) in [6, 6.07) is -0.109. The first-order chi connectivity index (χ1) is 9.49. The minimum atomic E-state index is -0.109. The summed E-state index contributed by atoms with van der Waals surface area (Å²) >= 11 is 1.74. The van der Waals surface area contributed by atoms with Crippen LogP contribution in [0.5, 0.6) is 0 Å². The van der Waals surface area contributed by atoms with Gasteiger partial charge >= 0.3 is 0 Å². The minimum absolute atomic E-state index is 0.109. The zero-order chi connectivity index (χ0) is 14.7. The number of carbonyl (C=O) groups excluding carboxylic acids is 1. The Morgan fingerprint density at radius 1 is 1.40 bits per heavy atom. The Hall–Kier alpha value is -1.14. The number of aromatic nitrogens is 1. The van der Waals surface area contributed by atoms with Crippen LogP contribution in [0.3, 0.4) is 0 Å². The van der Waals surface area contributed by atoms with E-state index >= 15 is 0 Å². The fraction of sp³-hybridized carbons (Fsp3) is 0.714. The van der Waals surface area contributed by atoms with Crippen molar-refractivity contribution in [2.75, 3.05) is 39.1 Å². The van der Waals surface area contributed by atoms with Crippen molar-refractivity contribution in [3.8, 4) is 0 Å². The molecule has 1 aliphatic rings. The summed E-state index contributed by atoms with van der Waals surface area (Å²) < 4.78 is 0. The van der Waals surface area contributed by atoms with Crippen LogP contribution in [0.4, 0.5) is 5.13 Å². The molecular weight excluding hydrogens is 272 g/mol. The van der Waals surface area contributed by atoms with Gasteiger partial charge in [-0.15, -0.1) is 11.3 Å². The van der Waals surface area contributed by atoms with Crippen LogP contribution in [-0.2, 0) is 11.3 Å². The molecule has 0 saturated carbocycles. The molecule has 1 aliphatic heterocycles. The fourth-order valence-electron chi connectivity index (χ4n) is 2.37. The summed E-state index contributed by atoms with van der Waals surface area (Å²) in [5.41, 5.74) is 0. The summed E-state index contributed by atoms with van der Waals surface area (Å²) in [7, 11) is 5.58. The van der Waals surface area contributed by atoms with Crippen molar-refractivity contribution in [1.29, 1.82) is 0 Å². The van der Waals surface area contributed by atoms with Gasteiger partial charge in [0.2, 0.25) is 5.91 Å². The largest absolute Gasteiger partial charge is 0.348 e. The third kappa shape index (κ3) is 3.49. The van der Waals surface area contributed by atoms with Crippen LogP contribution in [0.1, 0.15) is 24.6 Å². The number of likely N-dealkylation sites (N-methyl/N-ethyl adjacent to an activating group) is 2. The molecule has 1 fully saturated rings. The molecule has 5 nitrogen and oxygen atoms in total. The highest BCUT2D eigenvalue weighted by molar-refractivity contribution is 7.15. The summed E-state index contributed by atoms with van der Waals surface area (Å²) in [6.45, 7) is 4.97. The number of carbonyl (C=O) groups is 1. The van der Waals surface area contributed by atoms with Gasteiger partial charge in [0.25, 0.3) is 0 Å². The Morgan fingerprint density at radius 3 is 2.65 bits per heavy atom. The van der Waals surface area contributed by atoms with E-state index in [2.05, 4.69) is 14.8 Å². The van der Waals surface area contributed by atoms with Gasteiger partial charge < -0.3 is 9.80 Å². The Kier molecular flexibility index (Phi) is 4.99. The average molecular weight is 296 g/mol. The lowest BCUT2D eigenvalue weighted by Gasteiger charge is -2.25. The number of nitrogens with zero attached hydrogens (tertiary/aromatic N) is 4. The van der Waals surface area contributed by atoms with E-state index in [1.165, 1.54) is 17.7 Å². The zero-order valence-corrected chi connectivity index (χ0v) is 13.6. The first kappa shape index (κ1) is 15.3. The second kappa shape index (κ2) is 6.54. The lowest BCUT2D eigenvalue weighted by atomic mass is 10.2. The SMILES string of the molecule is C[C@H](C(=O)N(C)C)N(C)Cc1cnc(N2CCCC2)s1. The highest BCUT2D eigenvalue weighted by Gasteiger charge is 2.21. The fourth-order valence-corrected chi connectivity index (χ4v) is 3.40. The third-order valence-corrected chi connectivity index (χ3v) is 4.83. The van der Waals surface area contributed by atoms with Crippen LogP contribution < -0.4 is 4.90 Å². The zero-order valence-electron chi connectivity index (χ0n) is 12.8. The number of rotatable bonds is 5. The molecule has 0 spiro atoms. The molecule has 0 aromatic carbocycles. The highest BCUT2D eigenvalue weighted by atomic mass is 32.1. The topological polar surface area (TPSA) is 39.7 Å². The van der Waals surface area contributed by atoms with E-state index in [-0.39, 0.29) is 11.9 Å². The van der Waals surface area contributed by atoms with Gasteiger partial charge in [-0.3, -0.25) is 9.69 Å². The molecule has 1 atom stereocenters. The molecule has 1 saturated heterocycles. The molecule has 0 N–H and O–H groups in total. The van der Waals surface area contributed by atoms with E-state index < -0.39 is 0 Å². The monoisotopic (exact) mass is 296 g/mol. The van der Waals surface area contributed by atoms with E-state index in [0.29, 0.717) is 0 Å². The molecule has 20 heavy (non-hydrogen) atoms. The predicted molar refractivity (Wildman–Crippen MR) is 83.2 cm³/mol. The summed E-state index contributed by atoms with van der Waals surface area (Å²) in [4.78, 5) is 23.7. The van der Waals surface area contributed by atoms with Gasteiger partial charge in [-0.1, -0.05) is 0 Å². The molecular formula is C14H24N4OS. The van der Waals surface area contributed by atoms with Crippen LogP contribution in [0.2, 0.25) is 0 Å². The van der Waals surface area contributed by atoms with Gasteiger partial charge in [0, 0.05) is 44.8 Å². The Morgan fingerprint density at radius 2 is 2.05 bits per heavy atom. The van der Waals surface area contributed by atoms with E-state index in [4.69, 9.17) is 0 Å². The van der Waals surface area contributed by atoms with Crippen molar-refractivity contribution in [2.24, 2.45) is 0 Å². The number of anilines is 1. The Labute approximate surface area is 125 Å². The van der Waals surface area contributed by atoms with E-state index in [0.717, 1.165) is 24.8 Å². The molecule has 0 bridgehead atoms. The number of hydrogen-bond acceptors (Lipinski definition) is 5. The maximum atomic E-state index is 12.0. The first-order valence-electron chi connectivity index (χ1n) is 7.10. The molecule has 1 aromatic heterocycles. The van der Waals surface area contributed by atoms with Gasteiger partial charge in [-0.25, -0.2) is 4.98 Å². The molecule has 1 aromatic rings. The van der Waals surface area contributed by atoms with Crippen molar-refractivity contribution in [1.82, 2.24) is 14.8 Å². The van der Waals surface area contributed by atoms with E-state index in [1.807, 2.05) is 20.2 Å². The summed E-state index contributed by atoms with van der Waals surface area (Å²) in [5, 5.41) is 1.12. The van der Waals surface area contributed by atoms with Crippen molar-refractivity contribution >= 4 is 22.4 Å².